The average molecular weight is 389 g/mol. The summed E-state index contributed by atoms with van der Waals surface area (Å²) in [5.41, 5.74) is 2.04. The molecule has 0 radical (unpaired) electrons. The molecule has 0 atom stereocenters. The van der Waals surface area contributed by atoms with Crippen molar-refractivity contribution in [2.45, 2.75) is 55.4 Å². The highest BCUT2D eigenvalue weighted by atomic mass is 16.6. The molecule has 0 aliphatic carbocycles. The van der Waals surface area contributed by atoms with Gasteiger partial charge in [0.25, 0.3) is 0 Å². The van der Waals surface area contributed by atoms with E-state index >= 15 is 0 Å². The average Bonchev–Trinajstić information content (AvgIpc) is 2.70. The predicted octanol–water partition coefficient (Wildman–Crippen LogP) is 6.07. The van der Waals surface area contributed by atoms with Gasteiger partial charge in [0.15, 0.2) is 0 Å². The molecular weight excluding hydrogens is 352 g/mol. The standard InChI is InChI=1S/C22H30O4.C2H6/c1-7-9-17(8-2)18-10-12-19(13-11-18)20(23)25-14-15-26-21(24)22(5,6)16(3)4;1-2/h7-13,16H,14-15H2,1-6H3;1-2H3/b9-7-,17-8+;. The number of hydrogen-bond acceptors (Lipinski definition) is 4. The third-order valence-corrected chi connectivity index (χ3v) is 4.63. The molecule has 0 aromatic heterocycles. The van der Waals surface area contributed by atoms with Crippen LogP contribution in [0.1, 0.15) is 71.3 Å². The summed E-state index contributed by atoms with van der Waals surface area (Å²) in [5.74, 6) is -0.541. The molecule has 0 aliphatic heterocycles. The number of esters is 2. The van der Waals surface area contributed by atoms with Crippen LogP contribution in [0.4, 0.5) is 0 Å². The van der Waals surface area contributed by atoms with E-state index < -0.39 is 11.4 Å². The molecule has 0 heterocycles. The second kappa shape index (κ2) is 12.9. The molecule has 0 fully saturated rings. The van der Waals surface area contributed by atoms with Crippen LogP contribution in [-0.2, 0) is 14.3 Å². The van der Waals surface area contributed by atoms with Crippen molar-refractivity contribution in [1.29, 1.82) is 0 Å². The van der Waals surface area contributed by atoms with Crippen molar-refractivity contribution >= 4 is 17.5 Å². The number of carbonyl (C=O) groups excluding carboxylic acids is 2. The number of allylic oxidation sites excluding steroid dienone is 4. The van der Waals surface area contributed by atoms with E-state index in [4.69, 9.17) is 9.47 Å². The summed E-state index contributed by atoms with van der Waals surface area (Å²) in [4.78, 5) is 24.1. The van der Waals surface area contributed by atoms with Crippen molar-refractivity contribution < 1.29 is 19.1 Å². The molecule has 28 heavy (non-hydrogen) atoms. The molecule has 0 spiro atoms. The molecule has 156 valence electrons. The maximum atomic E-state index is 12.1. The quantitative estimate of drug-likeness (QED) is 0.308. The molecule has 1 aromatic carbocycles. The van der Waals surface area contributed by atoms with Crippen LogP contribution in [-0.4, -0.2) is 25.2 Å². The van der Waals surface area contributed by atoms with Crippen LogP contribution < -0.4 is 0 Å². The molecule has 0 bridgehead atoms. The molecule has 4 nitrogen and oxygen atoms in total. The van der Waals surface area contributed by atoms with Crippen LogP contribution in [0, 0.1) is 11.3 Å². The maximum absolute atomic E-state index is 12.1. The van der Waals surface area contributed by atoms with E-state index in [1.54, 1.807) is 12.1 Å². The van der Waals surface area contributed by atoms with E-state index in [1.807, 2.05) is 85.8 Å². The van der Waals surface area contributed by atoms with Gasteiger partial charge in [0.1, 0.15) is 13.2 Å². The highest BCUT2D eigenvalue weighted by Gasteiger charge is 2.32. The van der Waals surface area contributed by atoms with E-state index in [0.717, 1.165) is 11.1 Å². The smallest absolute Gasteiger partial charge is 0.338 e. The molecule has 1 aromatic rings. The first kappa shape index (κ1) is 25.6. The Balaban J connectivity index is 0.00000352. The summed E-state index contributed by atoms with van der Waals surface area (Å²) in [6, 6.07) is 7.24. The zero-order valence-corrected chi connectivity index (χ0v) is 18.7. The zero-order valence-electron chi connectivity index (χ0n) is 18.7. The van der Waals surface area contributed by atoms with Crippen molar-refractivity contribution in [2.75, 3.05) is 13.2 Å². The SMILES string of the molecule is C/C=C\C(=C/C)c1ccc(C(=O)OCCOC(=O)C(C)(C)C(C)C)cc1.CC. The van der Waals surface area contributed by atoms with Crippen LogP contribution in [0.15, 0.2) is 42.5 Å². The Hall–Kier alpha value is -2.36. The molecule has 0 saturated heterocycles. The summed E-state index contributed by atoms with van der Waals surface area (Å²) in [6.07, 6.45) is 6.00. The van der Waals surface area contributed by atoms with Gasteiger partial charge in [0.05, 0.1) is 11.0 Å². The molecular formula is C24H36O4. The summed E-state index contributed by atoms with van der Waals surface area (Å²) in [6.45, 7) is 15.7. The number of benzene rings is 1. The Morgan fingerprint density at radius 2 is 1.46 bits per heavy atom. The highest BCUT2D eigenvalue weighted by Crippen LogP contribution is 2.27. The fraction of sp³-hybridized carbons (Fsp3) is 0.500. The Kier molecular flexibility index (Phi) is 11.8. The third-order valence-electron chi connectivity index (χ3n) is 4.63. The van der Waals surface area contributed by atoms with Gasteiger partial charge >= 0.3 is 11.9 Å². The molecule has 1 rings (SSSR count). The van der Waals surface area contributed by atoms with Gasteiger partial charge in [-0.2, -0.15) is 0 Å². The van der Waals surface area contributed by atoms with E-state index in [9.17, 15) is 9.59 Å². The van der Waals surface area contributed by atoms with Crippen LogP contribution in [0.5, 0.6) is 0 Å². The van der Waals surface area contributed by atoms with E-state index in [-0.39, 0.29) is 25.1 Å². The van der Waals surface area contributed by atoms with Crippen molar-refractivity contribution in [3.8, 4) is 0 Å². The lowest BCUT2D eigenvalue weighted by Crippen LogP contribution is -2.32. The van der Waals surface area contributed by atoms with Gasteiger partial charge in [0.2, 0.25) is 0 Å². The fourth-order valence-electron chi connectivity index (χ4n) is 2.11. The second-order valence-corrected chi connectivity index (χ2v) is 6.97. The molecule has 0 amide bonds. The lowest BCUT2D eigenvalue weighted by molar-refractivity contribution is -0.157. The van der Waals surface area contributed by atoms with Crippen LogP contribution in [0.2, 0.25) is 0 Å². The van der Waals surface area contributed by atoms with Crippen molar-refractivity contribution in [1.82, 2.24) is 0 Å². The van der Waals surface area contributed by atoms with Crippen molar-refractivity contribution in [3.63, 3.8) is 0 Å². The lowest BCUT2D eigenvalue weighted by Gasteiger charge is -2.26. The first-order chi connectivity index (χ1) is 13.2. The zero-order chi connectivity index (χ0) is 21.7. The van der Waals surface area contributed by atoms with Gasteiger partial charge < -0.3 is 9.47 Å². The van der Waals surface area contributed by atoms with Crippen molar-refractivity contribution in [3.05, 3.63) is 53.6 Å². The number of hydrogen-bond donors (Lipinski definition) is 0. The minimum Gasteiger partial charge on any atom is -0.462 e. The summed E-state index contributed by atoms with van der Waals surface area (Å²) in [5, 5.41) is 0. The first-order valence-corrected chi connectivity index (χ1v) is 9.97. The van der Waals surface area contributed by atoms with Crippen LogP contribution in [0.3, 0.4) is 0 Å². The van der Waals surface area contributed by atoms with E-state index in [1.165, 1.54) is 0 Å². The van der Waals surface area contributed by atoms with E-state index in [2.05, 4.69) is 0 Å². The van der Waals surface area contributed by atoms with Crippen LogP contribution >= 0.6 is 0 Å². The molecule has 4 heteroatoms. The van der Waals surface area contributed by atoms with Gasteiger partial charge in [-0.1, -0.05) is 58.1 Å². The van der Waals surface area contributed by atoms with Gasteiger partial charge in [0, 0.05) is 0 Å². The molecule has 0 unspecified atom stereocenters. The lowest BCUT2D eigenvalue weighted by atomic mass is 9.81. The Labute approximate surface area is 170 Å². The minimum atomic E-state index is -0.558. The van der Waals surface area contributed by atoms with E-state index in [0.29, 0.717) is 5.56 Å². The fourth-order valence-corrected chi connectivity index (χ4v) is 2.11. The Bertz CT molecular complexity index is 664. The topological polar surface area (TPSA) is 52.6 Å². The highest BCUT2D eigenvalue weighted by molar-refractivity contribution is 5.90. The first-order valence-electron chi connectivity index (χ1n) is 9.97. The van der Waals surface area contributed by atoms with Crippen LogP contribution in [0.25, 0.3) is 5.57 Å². The Morgan fingerprint density at radius 3 is 1.93 bits per heavy atom. The summed E-state index contributed by atoms with van der Waals surface area (Å²) >= 11 is 0. The minimum absolute atomic E-state index is 0.0409. The van der Waals surface area contributed by atoms with Crippen molar-refractivity contribution in [2.24, 2.45) is 11.3 Å². The number of rotatable bonds is 8. The Morgan fingerprint density at radius 1 is 0.964 bits per heavy atom. The molecule has 0 N–H and O–H groups in total. The van der Waals surface area contributed by atoms with Gasteiger partial charge in [-0.15, -0.1) is 0 Å². The van der Waals surface area contributed by atoms with Gasteiger partial charge in [-0.3, -0.25) is 4.79 Å². The summed E-state index contributed by atoms with van der Waals surface area (Å²) in [7, 11) is 0. The largest absolute Gasteiger partial charge is 0.462 e. The normalized spacial score (nSPS) is 11.8. The van der Waals surface area contributed by atoms with Gasteiger partial charge in [-0.05, 0) is 56.9 Å². The number of carbonyl (C=O) groups is 2. The number of ether oxygens (including phenoxy) is 2. The maximum Gasteiger partial charge on any atom is 0.338 e. The molecule has 0 aliphatic rings. The second-order valence-electron chi connectivity index (χ2n) is 6.97. The summed E-state index contributed by atoms with van der Waals surface area (Å²) < 4.78 is 10.4. The molecule has 0 saturated carbocycles. The predicted molar refractivity (Wildman–Crippen MR) is 116 cm³/mol. The third kappa shape index (κ3) is 7.71. The van der Waals surface area contributed by atoms with Gasteiger partial charge in [-0.25, -0.2) is 4.79 Å². The monoisotopic (exact) mass is 388 g/mol.